The van der Waals surface area contributed by atoms with Crippen molar-refractivity contribution in [2.75, 3.05) is 5.32 Å². The first kappa shape index (κ1) is 18.4. The van der Waals surface area contributed by atoms with E-state index in [4.69, 9.17) is 4.74 Å². The van der Waals surface area contributed by atoms with Crippen molar-refractivity contribution in [2.45, 2.75) is 56.6 Å². The number of carbonyl (C=O) groups is 1. The smallest absolute Gasteiger partial charge is 0.407 e. The summed E-state index contributed by atoms with van der Waals surface area (Å²) in [4.78, 5) is 16.4. The van der Waals surface area contributed by atoms with Crippen LogP contribution < -0.4 is 10.6 Å². The Kier molecular flexibility index (Phi) is 4.45. The number of hydrogen-bond donors (Lipinski definition) is 3. The molecule has 2 aliphatic carbocycles. The second-order valence-corrected chi connectivity index (χ2v) is 8.97. The van der Waals surface area contributed by atoms with Crippen LogP contribution >= 0.6 is 15.9 Å². The number of halogens is 1. The van der Waals surface area contributed by atoms with Gasteiger partial charge in [0.05, 0.1) is 10.7 Å². The number of ether oxygens (including phenoxy) is 1. The standard InChI is InChI=1S/C19H22BrN7O2/c1-19(4-5-19)24-18(28)29-12-3-2-11(8-12)14-9-15(26-25-14)23-17-16-13(20)10-22-27(16)7-6-21-17/h6-7,9-12H,2-5,8H2,1H3,(H,24,28)(H2,21,23,25,26). The van der Waals surface area contributed by atoms with Crippen molar-refractivity contribution < 1.29 is 9.53 Å². The Hall–Kier alpha value is -2.62. The highest BCUT2D eigenvalue weighted by Gasteiger charge is 2.40. The first-order valence-electron chi connectivity index (χ1n) is 9.78. The highest BCUT2D eigenvalue weighted by Crippen LogP contribution is 2.37. The molecule has 0 bridgehead atoms. The lowest BCUT2D eigenvalue weighted by atomic mass is 10.0. The van der Waals surface area contributed by atoms with Gasteiger partial charge in [-0.15, -0.1) is 0 Å². The number of alkyl carbamates (subject to hydrolysis) is 1. The molecule has 1 amide bonds. The third kappa shape index (κ3) is 3.81. The van der Waals surface area contributed by atoms with E-state index in [1.807, 2.05) is 13.0 Å². The predicted molar refractivity (Wildman–Crippen MR) is 110 cm³/mol. The van der Waals surface area contributed by atoms with Gasteiger partial charge in [-0.1, -0.05) is 0 Å². The van der Waals surface area contributed by atoms with Crippen LogP contribution in [-0.2, 0) is 4.74 Å². The summed E-state index contributed by atoms with van der Waals surface area (Å²) in [5.41, 5.74) is 1.83. The Balaban J connectivity index is 1.22. The van der Waals surface area contributed by atoms with Crippen LogP contribution in [0.4, 0.5) is 16.4 Å². The molecule has 0 saturated heterocycles. The van der Waals surface area contributed by atoms with Gasteiger partial charge >= 0.3 is 6.09 Å². The van der Waals surface area contributed by atoms with Crippen LogP contribution in [0.15, 0.2) is 29.1 Å². The Morgan fingerprint density at radius 1 is 1.41 bits per heavy atom. The lowest BCUT2D eigenvalue weighted by Crippen LogP contribution is -2.36. The number of hydrogen-bond acceptors (Lipinski definition) is 6. The molecule has 152 valence electrons. The van der Waals surface area contributed by atoms with Crippen molar-refractivity contribution in [1.82, 2.24) is 30.1 Å². The Morgan fingerprint density at radius 2 is 2.28 bits per heavy atom. The molecule has 2 unspecified atom stereocenters. The van der Waals surface area contributed by atoms with E-state index in [-0.39, 0.29) is 23.7 Å². The van der Waals surface area contributed by atoms with Gasteiger partial charge < -0.3 is 15.4 Å². The highest BCUT2D eigenvalue weighted by atomic mass is 79.9. The van der Waals surface area contributed by atoms with E-state index >= 15 is 0 Å². The third-order valence-electron chi connectivity index (χ3n) is 5.73. The molecule has 0 aliphatic heterocycles. The largest absolute Gasteiger partial charge is 0.446 e. The zero-order valence-corrected chi connectivity index (χ0v) is 17.6. The predicted octanol–water partition coefficient (Wildman–Crippen LogP) is 3.87. The number of rotatable bonds is 5. The van der Waals surface area contributed by atoms with Crippen molar-refractivity contribution >= 4 is 39.2 Å². The number of amides is 1. The zero-order valence-electron chi connectivity index (χ0n) is 16.0. The molecule has 0 spiro atoms. The van der Waals surface area contributed by atoms with E-state index in [0.29, 0.717) is 11.6 Å². The van der Waals surface area contributed by atoms with E-state index < -0.39 is 0 Å². The fourth-order valence-corrected chi connectivity index (χ4v) is 4.26. The Bertz CT molecular complexity index is 1060. The molecule has 10 heteroatoms. The van der Waals surface area contributed by atoms with Crippen molar-refractivity contribution in [3.8, 4) is 0 Å². The number of nitrogens with one attached hydrogen (secondary N) is 3. The normalized spacial score (nSPS) is 22.6. The molecular formula is C19H22BrN7O2. The summed E-state index contributed by atoms with van der Waals surface area (Å²) in [6.45, 7) is 2.04. The van der Waals surface area contributed by atoms with E-state index in [0.717, 1.165) is 47.8 Å². The summed E-state index contributed by atoms with van der Waals surface area (Å²) < 4.78 is 8.22. The molecule has 2 saturated carbocycles. The molecule has 2 aliphatic rings. The number of anilines is 2. The SMILES string of the molecule is CC1(NC(=O)OC2CCC(c3cc(Nc4nccn5ncc(Br)c45)n[nH]3)C2)CC1. The van der Waals surface area contributed by atoms with Gasteiger partial charge in [-0.2, -0.15) is 10.2 Å². The molecule has 2 fully saturated rings. The van der Waals surface area contributed by atoms with Gasteiger partial charge in [-0.3, -0.25) is 5.10 Å². The monoisotopic (exact) mass is 459 g/mol. The molecule has 0 radical (unpaired) electrons. The minimum absolute atomic E-state index is 0.0551. The quantitative estimate of drug-likeness (QED) is 0.534. The van der Waals surface area contributed by atoms with Gasteiger partial charge in [-0.25, -0.2) is 14.3 Å². The zero-order chi connectivity index (χ0) is 20.0. The average molecular weight is 460 g/mol. The minimum Gasteiger partial charge on any atom is -0.446 e. The molecular weight excluding hydrogens is 438 g/mol. The maximum Gasteiger partial charge on any atom is 0.407 e. The number of aromatic nitrogens is 5. The molecule has 9 nitrogen and oxygen atoms in total. The van der Waals surface area contributed by atoms with Gasteiger partial charge in [0, 0.05) is 35.6 Å². The topological polar surface area (TPSA) is 109 Å². The second kappa shape index (κ2) is 7.01. The number of fused-ring (bicyclic) bond motifs is 1. The molecule has 3 aromatic rings. The Labute approximate surface area is 175 Å². The molecule has 3 N–H and O–H groups in total. The fraction of sp³-hybridized carbons (Fsp3) is 0.474. The molecule has 2 atom stereocenters. The van der Waals surface area contributed by atoms with E-state index in [1.165, 1.54) is 0 Å². The number of H-pyrrole nitrogens is 1. The van der Waals surface area contributed by atoms with Crippen LogP contribution in [0.3, 0.4) is 0 Å². The fourth-order valence-electron chi connectivity index (χ4n) is 3.80. The van der Waals surface area contributed by atoms with Crippen molar-refractivity contribution in [2.24, 2.45) is 0 Å². The van der Waals surface area contributed by atoms with E-state index in [2.05, 4.69) is 46.8 Å². The lowest BCUT2D eigenvalue weighted by molar-refractivity contribution is 0.0967. The summed E-state index contributed by atoms with van der Waals surface area (Å²) >= 11 is 3.50. The van der Waals surface area contributed by atoms with E-state index in [1.54, 1.807) is 23.1 Å². The minimum atomic E-state index is -0.298. The van der Waals surface area contributed by atoms with Crippen LogP contribution in [0.1, 0.15) is 50.6 Å². The van der Waals surface area contributed by atoms with E-state index in [9.17, 15) is 4.79 Å². The number of carbonyl (C=O) groups excluding carboxylic acids is 1. The highest BCUT2D eigenvalue weighted by molar-refractivity contribution is 9.10. The van der Waals surface area contributed by atoms with Crippen LogP contribution in [0.5, 0.6) is 0 Å². The number of aromatic amines is 1. The summed E-state index contributed by atoms with van der Waals surface area (Å²) in [6.07, 6.45) is 9.53. The van der Waals surface area contributed by atoms with Gasteiger partial charge in [0.25, 0.3) is 0 Å². The lowest BCUT2D eigenvalue weighted by Gasteiger charge is -2.16. The molecule has 3 aromatic heterocycles. The summed E-state index contributed by atoms with van der Waals surface area (Å²) in [5, 5.41) is 18.0. The first-order valence-corrected chi connectivity index (χ1v) is 10.6. The van der Waals surface area contributed by atoms with Crippen molar-refractivity contribution in [3.05, 3.63) is 34.8 Å². The van der Waals surface area contributed by atoms with Crippen molar-refractivity contribution in [1.29, 1.82) is 0 Å². The van der Waals surface area contributed by atoms with Gasteiger partial charge in [0.1, 0.15) is 11.6 Å². The average Bonchev–Trinajstić information content (AvgIpc) is 3.10. The molecule has 5 rings (SSSR count). The van der Waals surface area contributed by atoms with Gasteiger partial charge in [0.15, 0.2) is 11.6 Å². The molecule has 3 heterocycles. The summed E-state index contributed by atoms with van der Waals surface area (Å²) in [7, 11) is 0. The van der Waals surface area contributed by atoms with Gasteiger partial charge in [0.2, 0.25) is 0 Å². The van der Waals surface area contributed by atoms with Crippen LogP contribution in [0, 0.1) is 0 Å². The molecule has 29 heavy (non-hydrogen) atoms. The Morgan fingerprint density at radius 3 is 3.10 bits per heavy atom. The maximum absolute atomic E-state index is 12.0. The number of nitrogens with zero attached hydrogens (tertiary/aromatic N) is 4. The van der Waals surface area contributed by atoms with Crippen LogP contribution in [0.2, 0.25) is 0 Å². The van der Waals surface area contributed by atoms with Crippen molar-refractivity contribution in [3.63, 3.8) is 0 Å². The van der Waals surface area contributed by atoms with Crippen LogP contribution in [0.25, 0.3) is 5.52 Å². The maximum atomic E-state index is 12.0. The third-order valence-corrected chi connectivity index (χ3v) is 6.31. The summed E-state index contributed by atoms with van der Waals surface area (Å²) in [5.74, 6) is 1.66. The molecule has 0 aromatic carbocycles. The second-order valence-electron chi connectivity index (χ2n) is 8.12. The van der Waals surface area contributed by atoms with Gasteiger partial charge in [-0.05, 0) is 55.0 Å². The summed E-state index contributed by atoms with van der Waals surface area (Å²) in [6, 6.07) is 1.99. The first-order chi connectivity index (χ1) is 14.0. The van der Waals surface area contributed by atoms with Crippen LogP contribution in [-0.4, -0.2) is 42.5 Å².